The summed E-state index contributed by atoms with van der Waals surface area (Å²) in [5.74, 6) is 0. The molecule has 0 aliphatic heterocycles. The van der Waals surface area contributed by atoms with Crippen molar-refractivity contribution in [1.82, 2.24) is 0 Å². The molecule has 54 valence electrons. The molecule has 0 spiro atoms. The first kappa shape index (κ1) is 7.22. The molecule has 0 fully saturated rings. The first-order valence-corrected chi connectivity index (χ1v) is 3.23. The summed E-state index contributed by atoms with van der Waals surface area (Å²) in [5, 5.41) is 0. The number of aldehydes is 1. The number of carbonyl (C=O) groups is 1. The first-order valence-electron chi connectivity index (χ1n) is 3.23. The maximum Gasteiger partial charge on any atom is 0.149 e. The highest BCUT2D eigenvalue weighted by molar-refractivity contribution is 5.77. The van der Waals surface area contributed by atoms with Crippen LogP contribution in [0.15, 0.2) is 23.8 Å². The van der Waals surface area contributed by atoms with Crippen molar-refractivity contribution in [3.8, 4) is 0 Å². The lowest BCUT2D eigenvalue weighted by molar-refractivity contribution is -0.104. The van der Waals surface area contributed by atoms with Crippen molar-refractivity contribution in [2.75, 3.05) is 7.11 Å². The summed E-state index contributed by atoms with van der Waals surface area (Å²) in [6, 6.07) is 0. The van der Waals surface area contributed by atoms with Crippen molar-refractivity contribution < 1.29 is 9.53 Å². The second kappa shape index (κ2) is 3.32. The van der Waals surface area contributed by atoms with E-state index in [-0.39, 0.29) is 6.10 Å². The summed E-state index contributed by atoms with van der Waals surface area (Å²) in [7, 11) is 1.66. The van der Waals surface area contributed by atoms with Gasteiger partial charge in [-0.3, -0.25) is 4.79 Å². The Morgan fingerprint density at radius 2 is 2.60 bits per heavy atom. The van der Waals surface area contributed by atoms with Gasteiger partial charge in [0.15, 0.2) is 0 Å². The average molecular weight is 138 g/mol. The molecule has 0 aromatic heterocycles. The Morgan fingerprint density at radius 1 is 1.80 bits per heavy atom. The molecule has 2 nitrogen and oxygen atoms in total. The fourth-order valence-electron chi connectivity index (χ4n) is 0.879. The molecule has 0 aromatic carbocycles. The molecule has 0 N–H and O–H groups in total. The van der Waals surface area contributed by atoms with Crippen LogP contribution in [0.2, 0.25) is 0 Å². The fraction of sp³-hybridized carbons (Fsp3) is 0.375. The lowest BCUT2D eigenvalue weighted by atomic mass is 10.1. The van der Waals surface area contributed by atoms with Crippen LogP contribution < -0.4 is 0 Å². The maximum absolute atomic E-state index is 10.2. The van der Waals surface area contributed by atoms with Crippen LogP contribution in [-0.4, -0.2) is 19.5 Å². The zero-order chi connectivity index (χ0) is 7.40. The van der Waals surface area contributed by atoms with Gasteiger partial charge < -0.3 is 4.74 Å². The second-order valence-electron chi connectivity index (χ2n) is 2.19. The quantitative estimate of drug-likeness (QED) is 0.534. The number of carbonyl (C=O) groups excluding carboxylic acids is 1. The third-order valence-electron chi connectivity index (χ3n) is 1.53. The molecular formula is C8H10O2. The van der Waals surface area contributed by atoms with Crippen molar-refractivity contribution in [2.24, 2.45) is 0 Å². The topological polar surface area (TPSA) is 26.3 Å². The zero-order valence-electron chi connectivity index (χ0n) is 5.91. The Balaban J connectivity index is 2.54. The van der Waals surface area contributed by atoms with Crippen LogP contribution in [0.4, 0.5) is 0 Å². The van der Waals surface area contributed by atoms with Crippen LogP contribution in [0.1, 0.15) is 6.42 Å². The van der Waals surface area contributed by atoms with Crippen LogP contribution in [0, 0.1) is 0 Å². The van der Waals surface area contributed by atoms with Gasteiger partial charge in [-0.2, -0.15) is 0 Å². The molecule has 0 saturated heterocycles. The highest BCUT2D eigenvalue weighted by Gasteiger charge is 2.05. The minimum absolute atomic E-state index is 0.156. The van der Waals surface area contributed by atoms with Crippen molar-refractivity contribution in [1.29, 1.82) is 0 Å². The zero-order valence-corrected chi connectivity index (χ0v) is 5.91. The number of allylic oxidation sites excluding steroid dienone is 2. The molecule has 1 atom stereocenters. The van der Waals surface area contributed by atoms with Crippen LogP contribution in [0.3, 0.4) is 0 Å². The molecule has 0 amide bonds. The predicted molar refractivity (Wildman–Crippen MR) is 38.7 cm³/mol. The lowest BCUT2D eigenvalue weighted by Crippen LogP contribution is -2.08. The van der Waals surface area contributed by atoms with E-state index >= 15 is 0 Å². The van der Waals surface area contributed by atoms with E-state index in [1.807, 2.05) is 12.2 Å². The number of methoxy groups -OCH3 is 1. The van der Waals surface area contributed by atoms with E-state index < -0.39 is 0 Å². The minimum atomic E-state index is 0.156. The van der Waals surface area contributed by atoms with Crippen LogP contribution in [-0.2, 0) is 9.53 Å². The third kappa shape index (κ3) is 1.54. The standard InChI is InChI=1S/C8H10O2/c1-10-8-4-2-7(6-9)3-5-8/h2-4,6,8H,5H2,1H3. The first-order chi connectivity index (χ1) is 4.86. The van der Waals surface area contributed by atoms with Gasteiger partial charge in [0.05, 0.1) is 6.10 Å². The molecule has 0 bridgehead atoms. The molecule has 10 heavy (non-hydrogen) atoms. The monoisotopic (exact) mass is 138 g/mol. The third-order valence-corrected chi connectivity index (χ3v) is 1.53. The summed E-state index contributed by atoms with van der Waals surface area (Å²) in [5.41, 5.74) is 0.744. The largest absolute Gasteiger partial charge is 0.377 e. The van der Waals surface area contributed by atoms with Crippen molar-refractivity contribution in [3.63, 3.8) is 0 Å². The number of ether oxygens (including phenoxy) is 1. The van der Waals surface area contributed by atoms with Gasteiger partial charge in [-0.1, -0.05) is 18.2 Å². The van der Waals surface area contributed by atoms with E-state index in [1.165, 1.54) is 0 Å². The average Bonchev–Trinajstić information content (AvgIpc) is 2.05. The summed E-state index contributed by atoms with van der Waals surface area (Å²) < 4.78 is 5.04. The normalized spacial score (nSPS) is 24.1. The van der Waals surface area contributed by atoms with Crippen LogP contribution in [0.25, 0.3) is 0 Å². The smallest absolute Gasteiger partial charge is 0.149 e. The summed E-state index contributed by atoms with van der Waals surface area (Å²) in [4.78, 5) is 10.2. The molecule has 2 heteroatoms. The number of rotatable bonds is 2. The van der Waals surface area contributed by atoms with Gasteiger partial charge in [-0.15, -0.1) is 0 Å². The van der Waals surface area contributed by atoms with E-state index in [0.717, 1.165) is 18.3 Å². The van der Waals surface area contributed by atoms with Crippen molar-refractivity contribution >= 4 is 6.29 Å². The van der Waals surface area contributed by atoms with Gasteiger partial charge >= 0.3 is 0 Å². The summed E-state index contributed by atoms with van der Waals surface area (Å²) >= 11 is 0. The molecule has 1 rings (SSSR count). The van der Waals surface area contributed by atoms with Crippen molar-refractivity contribution in [2.45, 2.75) is 12.5 Å². The van der Waals surface area contributed by atoms with Gasteiger partial charge in [0, 0.05) is 12.7 Å². The molecule has 0 radical (unpaired) electrons. The molecule has 1 aliphatic carbocycles. The molecule has 0 saturated carbocycles. The van der Waals surface area contributed by atoms with E-state index in [9.17, 15) is 4.79 Å². The highest BCUT2D eigenvalue weighted by Crippen LogP contribution is 2.10. The lowest BCUT2D eigenvalue weighted by Gasteiger charge is -2.11. The Kier molecular flexibility index (Phi) is 2.40. The fourth-order valence-corrected chi connectivity index (χ4v) is 0.879. The van der Waals surface area contributed by atoms with Gasteiger partial charge in [0.25, 0.3) is 0 Å². The Morgan fingerprint density at radius 3 is 3.00 bits per heavy atom. The van der Waals surface area contributed by atoms with Gasteiger partial charge in [0.2, 0.25) is 0 Å². The SMILES string of the molecule is COC1C=CC(C=O)=CC1. The molecule has 1 unspecified atom stereocenters. The second-order valence-corrected chi connectivity index (χ2v) is 2.19. The molecular weight excluding hydrogens is 128 g/mol. The van der Waals surface area contributed by atoms with Crippen molar-refractivity contribution in [3.05, 3.63) is 23.8 Å². The minimum Gasteiger partial charge on any atom is -0.377 e. The summed E-state index contributed by atoms with van der Waals surface area (Å²) in [6.07, 6.45) is 7.36. The Hall–Kier alpha value is -0.890. The van der Waals surface area contributed by atoms with E-state index in [1.54, 1.807) is 13.2 Å². The van der Waals surface area contributed by atoms with Crippen LogP contribution in [0.5, 0.6) is 0 Å². The van der Waals surface area contributed by atoms with E-state index in [4.69, 9.17) is 4.74 Å². The van der Waals surface area contributed by atoms with Crippen LogP contribution >= 0.6 is 0 Å². The Bertz CT molecular complexity index is 180. The summed E-state index contributed by atoms with van der Waals surface area (Å²) in [6.45, 7) is 0. The predicted octanol–water partition coefficient (Wildman–Crippen LogP) is 1.09. The molecule has 0 heterocycles. The van der Waals surface area contributed by atoms with E-state index in [0.29, 0.717) is 0 Å². The maximum atomic E-state index is 10.2. The van der Waals surface area contributed by atoms with Gasteiger partial charge in [-0.05, 0) is 6.42 Å². The number of hydrogen-bond acceptors (Lipinski definition) is 2. The Labute approximate surface area is 60.2 Å². The molecule has 1 aliphatic rings. The molecule has 0 aromatic rings. The van der Waals surface area contributed by atoms with Gasteiger partial charge in [-0.25, -0.2) is 0 Å². The van der Waals surface area contributed by atoms with Gasteiger partial charge in [0.1, 0.15) is 6.29 Å². The highest BCUT2D eigenvalue weighted by atomic mass is 16.5. The van der Waals surface area contributed by atoms with E-state index in [2.05, 4.69) is 0 Å². The number of hydrogen-bond donors (Lipinski definition) is 0.